The maximum absolute atomic E-state index is 12.8. The van der Waals surface area contributed by atoms with E-state index in [9.17, 15) is 4.79 Å². The average Bonchev–Trinajstić information content (AvgIpc) is 3.38. The van der Waals surface area contributed by atoms with Gasteiger partial charge in [0.25, 0.3) is 0 Å². The van der Waals surface area contributed by atoms with Crippen LogP contribution in [0.4, 0.5) is 0 Å². The lowest BCUT2D eigenvalue weighted by molar-refractivity contribution is -0.131. The molecule has 0 spiro atoms. The molecule has 146 valence electrons. The lowest BCUT2D eigenvalue weighted by Crippen LogP contribution is -2.35. The molecular weight excluding hydrogens is 350 g/mol. The van der Waals surface area contributed by atoms with Crippen molar-refractivity contribution in [3.63, 3.8) is 0 Å². The van der Waals surface area contributed by atoms with Crippen LogP contribution in [-0.2, 0) is 16.0 Å². The monoisotopic (exact) mass is 377 g/mol. The second-order valence-corrected chi connectivity index (χ2v) is 7.35. The van der Waals surface area contributed by atoms with Gasteiger partial charge in [-0.1, -0.05) is 30.3 Å². The highest BCUT2D eigenvalue weighted by molar-refractivity contribution is 5.79. The first-order chi connectivity index (χ1) is 13.8. The van der Waals surface area contributed by atoms with Crippen molar-refractivity contribution in [1.82, 2.24) is 14.5 Å². The highest BCUT2D eigenvalue weighted by atomic mass is 16.5. The number of aromatic nitrogens is 2. The Morgan fingerprint density at radius 2 is 1.96 bits per heavy atom. The molecule has 1 amide bonds. The molecule has 5 nitrogen and oxygen atoms in total. The first-order valence-corrected chi connectivity index (χ1v) is 10.1. The Morgan fingerprint density at radius 3 is 2.71 bits per heavy atom. The molecule has 1 aromatic heterocycles. The molecule has 28 heavy (non-hydrogen) atoms. The van der Waals surface area contributed by atoms with Crippen LogP contribution in [-0.4, -0.2) is 46.7 Å². The zero-order chi connectivity index (χ0) is 19.3. The number of hydrogen-bond donors (Lipinski definition) is 0. The first kappa shape index (κ1) is 18.7. The van der Waals surface area contributed by atoms with E-state index in [0.717, 1.165) is 55.3 Å². The van der Waals surface area contributed by atoms with Crippen molar-refractivity contribution in [2.75, 3.05) is 26.3 Å². The van der Waals surface area contributed by atoms with E-state index in [1.807, 2.05) is 48.2 Å². The van der Waals surface area contributed by atoms with Crippen LogP contribution in [0.25, 0.3) is 16.7 Å². The summed E-state index contributed by atoms with van der Waals surface area (Å²) >= 11 is 0. The number of benzene rings is 2. The second kappa shape index (κ2) is 8.57. The van der Waals surface area contributed by atoms with Crippen molar-refractivity contribution in [3.05, 3.63) is 60.4 Å². The number of ether oxygens (including phenoxy) is 1. The summed E-state index contributed by atoms with van der Waals surface area (Å²) in [6.45, 7) is 5.17. The molecule has 0 bridgehead atoms. The number of para-hydroxylation sites is 3. The summed E-state index contributed by atoms with van der Waals surface area (Å²) in [5.74, 6) is 1.60. The molecule has 5 heteroatoms. The topological polar surface area (TPSA) is 47.4 Å². The van der Waals surface area contributed by atoms with Gasteiger partial charge >= 0.3 is 0 Å². The Balaban J connectivity index is 1.53. The van der Waals surface area contributed by atoms with Crippen molar-refractivity contribution in [3.8, 4) is 5.69 Å². The van der Waals surface area contributed by atoms with E-state index in [4.69, 9.17) is 9.72 Å². The van der Waals surface area contributed by atoms with Gasteiger partial charge in [0, 0.05) is 44.1 Å². The van der Waals surface area contributed by atoms with Crippen LogP contribution in [0.5, 0.6) is 0 Å². The van der Waals surface area contributed by atoms with Gasteiger partial charge in [0.15, 0.2) is 0 Å². The van der Waals surface area contributed by atoms with E-state index in [-0.39, 0.29) is 5.91 Å². The van der Waals surface area contributed by atoms with Gasteiger partial charge in [0.1, 0.15) is 5.82 Å². The SMILES string of the molecule is CCN(C[C@H]1CCOC1)C(=O)CCc1nc2ccccc2n1-c1ccccc1. The maximum atomic E-state index is 12.8. The van der Waals surface area contributed by atoms with Crippen LogP contribution >= 0.6 is 0 Å². The Labute approximate surface area is 165 Å². The van der Waals surface area contributed by atoms with Gasteiger partial charge in [-0.25, -0.2) is 4.98 Å². The third-order valence-corrected chi connectivity index (χ3v) is 5.44. The predicted octanol–water partition coefficient (Wildman–Crippen LogP) is 3.84. The van der Waals surface area contributed by atoms with Crippen LogP contribution in [0.15, 0.2) is 54.6 Å². The molecule has 0 radical (unpaired) electrons. The molecule has 1 atom stereocenters. The average molecular weight is 377 g/mol. The first-order valence-electron chi connectivity index (χ1n) is 10.1. The van der Waals surface area contributed by atoms with Crippen molar-refractivity contribution in [2.24, 2.45) is 5.92 Å². The van der Waals surface area contributed by atoms with E-state index in [0.29, 0.717) is 18.8 Å². The fraction of sp³-hybridized carbons (Fsp3) is 0.391. The number of fused-ring (bicyclic) bond motifs is 1. The quantitative estimate of drug-likeness (QED) is 0.628. The molecule has 1 fully saturated rings. The summed E-state index contributed by atoms with van der Waals surface area (Å²) in [6.07, 6.45) is 2.14. The van der Waals surface area contributed by atoms with E-state index in [2.05, 4.69) is 22.8 Å². The molecule has 1 aliphatic rings. The normalized spacial score (nSPS) is 16.5. The van der Waals surface area contributed by atoms with Gasteiger partial charge < -0.3 is 9.64 Å². The van der Waals surface area contributed by atoms with Crippen molar-refractivity contribution < 1.29 is 9.53 Å². The van der Waals surface area contributed by atoms with Crippen molar-refractivity contribution >= 4 is 16.9 Å². The Kier molecular flexibility index (Phi) is 5.72. The number of amides is 1. The summed E-state index contributed by atoms with van der Waals surface area (Å²) in [7, 11) is 0. The molecule has 0 aliphatic carbocycles. The minimum Gasteiger partial charge on any atom is -0.381 e. The fourth-order valence-electron chi connectivity index (χ4n) is 3.93. The largest absolute Gasteiger partial charge is 0.381 e. The third kappa shape index (κ3) is 3.94. The van der Waals surface area contributed by atoms with Gasteiger partial charge in [-0.15, -0.1) is 0 Å². The lowest BCUT2D eigenvalue weighted by atomic mass is 10.1. The molecule has 4 rings (SSSR count). The van der Waals surface area contributed by atoms with Gasteiger partial charge in [0.2, 0.25) is 5.91 Å². The van der Waals surface area contributed by atoms with E-state index < -0.39 is 0 Å². The lowest BCUT2D eigenvalue weighted by Gasteiger charge is -2.23. The standard InChI is InChI=1S/C23H27N3O2/c1-2-25(16-18-14-15-28-17-18)23(27)13-12-22-24-20-10-6-7-11-21(20)26(22)19-8-4-3-5-9-19/h3-11,18H,2,12-17H2,1H3/t18-/m1/s1. The molecular formula is C23H27N3O2. The third-order valence-electron chi connectivity index (χ3n) is 5.44. The van der Waals surface area contributed by atoms with Crippen LogP contribution < -0.4 is 0 Å². The number of carbonyl (C=O) groups is 1. The van der Waals surface area contributed by atoms with Gasteiger partial charge in [-0.05, 0) is 37.6 Å². The van der Waals surface area contributed by atoms with Crippen LogP contribution in [0, 0.1) is 5.92 Å². The Bertz CT molecular complexity index is 929. The number of rotatable bonds is 7. The maximum Gasteiger partial charge on any atom is 0.223 e. The van der Waals surface area contributed by atoms with E-state index in [1.54, 1.807) is 0 Å². The number of carbonyl (C=O) groups excluding carboxylic acids is 1. The minimum absolute atomic E-state index is 0.195. The summed E-state index contributed by atoms with van der Waals surface area (Å²) < 4.78 is 7.63. The zero-order valence-corrected chi connectivity index (χ0v) is 16.4. The highest BCUT2D eigenvalue weighted by Gasteiger charge is 2.22. The summed E-state index contributed by atoms with van der Waals surface area (Å²) in [5.41, 5.74) is 3.12. The summed E-state index contributed by atoms with van der Waals surface area (Å²) in [5, 5.41) is 0. The van der Waals surface area contributed by atoms with Crippen molar-refractivity contribution in [1.29, 1.82) is 0 Å². The summed E-state index contributed by atoms with van der Waals surface area (Å²) in [6, 6.07) is 18.4. The second-order valence-electron chi connectivity index (χ2n) is 7.35. The van der Waals surface area contributed by atoms with Crippen LogP contribution in [0.3, 0.4) is 0 Å². The minimum atomic E-state index is 0.195. The molecule has 2 heterocycles. The fourth-order valence-corrected chi connectivity index (χ4v) is 3.93. The molecule has 2 aromatic carbocycles. The van der Waals surface area contributed by atoms with Crippen LogP contribution in [0.2, 0.25) is 0 Å². The predicted molar refractivity (Wildman–Crippen MR) is 111 cm³/mol. The van der Waals surface area contributed by atoms with Gasteiger partial charge in [-0.2, -0.15) is 0 Å². The molecule has 1 aliphatic heterocycles. The summed E-state index contributed by atoms with van der Waals surface area (Å²) in [4.78, 5) is 19.6. The highest BCUT2D eigenvalue weighted by Crippen LogP contribution is 2.22. The van der Waals surface area contributed by atoms with Gasteiger partial charge in [0.05, 0.1) is 17.6 Å². The smallest absolute Gasteiger partial charge is 0.223 e. The van der Waals surface area contributed by atoms with E-state index in [1.165, 1.54) is 0 Å². The van der Waals surface area contributed by atoms with Gasteiger partial charge in [-0.3, -0.25) is 9.36 Å². The zero-order valence-electron chi connectivity index (χ0n) is 16.4. The van der Waals surface area contributed by atoms with E-state index >= 15 is 0 Å². The van der Waals surface area contributed by atoms with Crippen LogP contribution in [0.1, 0.15) is 25.6 Å². The van der Waals surface area contributed by atoms with Crippen molar-refractivity contribution in [2.45, 2.75) is 26.2 Å². The molecule has 1 saturated heterocycles. The molecule has 3 aromatic rings. The number of aryl methyl sites for hydroxylation is 1. The number of nitrogens with zero attached hydrogens (tertiary/aromatic N) is 3. The molecule has 0 unspecified atom stereocenters. The number of imidazole rings is 1. The molecule has 0 saturated carbocycles. The Hall–Kier alpha value is -2.66. The number of hydrogen-bond acceptors (Lipinski definition) is 3. The molecule has 0 N–H and O–H groups in total. The Morgan fingerprint density at radius 1 is 1.18 bits per heavy atom.